The van der Waals surface area contributed by atoms with Crippen molar-refractivity contribution in [1.82, 2.24) is 15.5 Å². The van der Waals surface area contributed by atoms with Crippen molar-refractivity contribution in [2.45, 2.75) is 18.5 Å². The van der Waals surface area contributed by atoms with Gasteiger partial charge in [-0.05, 0) is 16.7 Å². The summed E-state index contributed by atoms with van der Waals surface area (Å²) in [6, 6.07) is 27.6. The number of nitrogens with zero attached hydrogens (tertiary/aromatic N) is 1. The first-order chi connectivity index (χ1) is 15.1. The van der Waals surface area contributed by atoms with E-state index in [1.165, 1.54) is 0 Å². The Bertz CT molecular complexity index is 1070. The zero-order valence-corrected chi connectivity index (χ0v) is 17.0. The van der Waals surface area contributed by atoms with Crippen molar-refractivity contribution in [1.29, 1.82) is 0 Å². The lowest BCUT2D eigenvalue weighted by Crippen LogP contribution is -2.46. The molecule has 0 saturated carbocycles. The van der Waals surface area contributed by atoms with Crippen molar-refractivity contribution in [2.75, 3.05) is 6.54 Å². The first-order valence-electron chi connectivity index (χ1n) is 10.1. The standard InChI is InChI=1S/C25H23N3O3/c29-22(26-17-20-12-6-2-7-13-20)18-28-23(30)25(27-24(28)31,21-14-8-3-9-15-21)16-19-10-4-1-5-11-19/h1-15H,16-18H2,(H,26,29)(H,27,31)/t25-/m1/s1. The summed E-state index contributed by atoms with van der Waals surface area (Å²) in [5.74, 6) is -0.821. The van der Waals surface area contributed by atoms with Gasteiger partial charge in [-0.15, -0.1) is 0 Å². The third kappa shape index (κ3) is 4.33. The van der Waals surface area contributed by atoms with Gasteiger partial charge in [-0.2, -0.15) is 0 Å². The summed E-state index contributed by atoms with van der Waals surface area (Å²) in [6.07, 6.45) is 0.296. The minimum Gasteiger partial charge on any atom is -0.350 e. The lowest BCUT2D eigenvalue weighted by molar-refractivity contribution is -0.135. The van der Waals surface area contributed by atoms with Gasteiger partial charge in [-0.3, -0.25) is 14.5 Å². The molecule has 4 amide bonds. The lowest BCUT2D eigenvalue weighted by atomic mass is 9.83. The molecule has 0 aliphatic carbocycles. The Hall–Kier alpha value is -3.93. The summed E-state index contributed by atoms with van der Waals surface area (Å²) in [7, 11) is 0. The van der Waals surface area contributed by atoms with E-state index in [1.54, 1.807) is 0 Å². The number of rotatable bonds is 7. The fraction of sp³-hybridized carbons (Fsp3) is 0.160. The maximum atomic E-state index is 13.5. The van der Waals surface area contributed by atoms with Crippen LogP contribution in [-0.2, 0) is 28.1 Å². The van der Waals surface area contributed by atoms with Crippen molar-refractivity contribution >= 4 is 17.8 Å². The van der Waals surface area contributed by atoms with Gasteiger partial charge in [0.05, 0.1) is 0 Å². The van der Waals surface area contributed by atoms with E-state index in [9.17, 15) is 14.4 Å². The minimum atomic E-state index is -1.25. The van der Waals surface area contributed by atoms with E-state index in [4.69, 9.17) is 0 Å². The molecule has 1 heterocycles. The largest absolute Gasteiger partial charge is 0.350 e. The number of urea groups is 1. The molecule has 1 aliphatic rings. The predicted molar refractivity (Wildman–Crippen MR) is 117 cm³/mol. The van der Waals surface area contributed by atoms with Gasteiger partial charge in [0.15, 0.2) is 5.54 Å². The first kappa shape index (κ1) is 20.3. The monoisotopic (exact) mass is 413 g/mol. The van der Waals surface area contributed by atoms with Crippen molar-refractivity contribution < 1.29 is 14.4 Å². The van der Waals surface area contributed by atoms with Gasteiger partial charge in [0.25, 0.3) is 5.91 Å². The van der Waals surface area contributed by atoms with E-state index in [2.05, 4.69) is 10.6 Å². The second-order valence-corrected chi connectivity index (χ2v) is 7.52. The zero-order chi connectivity index (χ0) is 21.7. The Balaban J connectivity index is 1.55. The smallest absolute Gasteiger partial charge is 0.325 e. The normalized spacial score (nSPS) is 18.0. The van der Waals surface area contributed by atoms with Crippen molar-refractivity contribution in [3.05, 3.63) is 108 Å². The first-order valence-corrected chi connectivity index (χ1v) is 10.1. The highest BCUT2D eigenvalue weighted by Gasteiger charge is 2.52. The van der Waals surface area contributed by atoms with Gasteiger partial charge in [-0.1, -0.05) is 91.0 Å². The summed E-state index contributed by atoms with van der Waals surface area (Å²) in [5.41, 5.74) is 1.29. The number of carbonyl (C=O) groups is 3. The molecule has 1 saturated heterocycles. The van der Waals surface area contributed by atoms with E-state index in [0.717, 1.165) is 16.0 Å². The number of amides is 4. The predicted octanol–water partition coefficient (Wildman–Crippen LogP) is 2.99. The Morgan fingerprint density at radius 1 is 0.806 bits per heavy atom. The summed E-state index contributed by atoms with van der Waals surface area (Å²) < 4.78 is 0. The highest BCUT2D eigenvalue weighted by atomic mass is 16.2. The maximum Gasteiger partial charge on any atom is 0.325 e. The molecule has 31 heavy (non-hydrogen) atoms. The topological polar surface area (TPSA) is 78.5 Å². The molecule has 3 aromatic carbocycles. The molecule has 0 radical (unpaired) electrons. The van der Waals surface area contributed by atoms with E-state index in [0.29, 0.717) is 18.5 Å². The van der Waals surface area contributed by atoms with Crippen LogP contribution in [0.3, 0.4) is 0 Å². The number of nitrogens with one attached hydrogen (secondary N) is 2. The third-order valence-corrected chi connectivity index (χ3v) is 5.39. The Morgan fingerprint density at radius 2 is 1.35 bits per heavy atom. The van der Waals surface area contributed by atoms with Crippen molar-refractivity contribution in [3.63, 3.8) is 0 Å². The van der Waals surface area contributed by atoms with Gasteiger partial charge in [-0.25, -0.2) is 4.79 Å². The van der Waals surface area contributed by atoms with Gasteiger partial charge < -0.3 is 10.6 Å². The van der Waals surface area contributed by atoms with Gasteiger partial charge >= 0.3 is 6.03 Å². The highest BCUT2D eigenvalue weighted by Crippen LogP contribution is 2.32. The van der Waals surface area contributed by atoms with E-state index >= 15 is 0 Å². The molecule has 0 spiro atoms. The average Bonchev–Trinajstić information content (AvgIpc) is 3.04. The van der Waals surface area contributed by atoms with Crippen LogP contribution in [0.1, 0.15) is 16.7 Å². The number of carbonyl (C=O) groups excluding carboxylic acids is 3. The third-order valence-electron chi connectivity index (χ3n) is 5.39. The number of benzene rings is 3. The molecule has 6 nitrogen and oxygen atoms in total. The number of hydrogen-bond donors (Lipinski definition) is 2. The minimum absolute atomic E-state index is 0.296. The van der Waals surface area contributed by atoms with Crippen LogP contribution < -0.4 is 10.6 Å². The summed E-state index contributed by atoms with van der Waals surface area (Å²) in [4.78, 5) is 39.8. The van der Waals surface area contributed by atoms with Crippen LogP contribution in [-0.4, -0.2) is 29.3 Å². The molecule has 2 N–H and O–H groups in total. The van der Waals surface area contributed by atoms with E-state index in [1.807, 2.05) is 91.0 Å². The molecule has 156 valence electrons. The fourth-order valence-corrected chi connectivity index (χ4v) is 3.81. The summed E-state index contributed by atoms with van der Waals surface area (Å²) in [5, 5.41) is 5.64. The number of hydrogen-bond acceptors (Lipinski definition) is 3. The molecular formula is C25H23N3O3. The Morgan fingerprint density at radius 3 is 1.97 bits per heavy atom. The summed E-state index contributed by atoms with van der Waals surface area (Å²) >= 11 is 0. The molecule has 1 aliphatic heterocycles. The molecule has 1 fully saturated rings. The van der Waals surface area contributed by atoms with Crippen LogP contribution in [0.15, 0.2) is 91.0 Å². The van der Waals surface area contributed by atoms with Crippen LogP contribution in [0, 0.1) is 0 Å². The fourth-order valence-electron chi connectivity index (χ4n) is 3.81. The van der Waals surface area contributed by atoms with E-state index in [-0.39, 0.29) is 6.54 Å². The quantitative estimate of drug-likeness (QED) is 0.585. The van der Waals surface area contributed by atoms with Crippen LogP contribution in [0.5, 0.6) is 0 Å². The maximum absolute atomic E-state index is 13.5. The van der Waals surface area contributed by atoms with Gasteiger partial charge in [0.2, 0.25) is 5.91 Å². The van der Waals surface area contributed by atoms with Crippen molar-refractivity contribution in [3.8, 4) is 0 Å². The van der Waals surface area contributed by atoms with Crippen LogP contribution >= 0.6 is 0 Å². The highest BCUT2D eigenvalue weighted by molar-refractivity contribution is 6.09. The molecule has 3 aromatic rings. The molecule has 4 rings (SSSR count). The Kier molecular flexibility index (Phi) is 5.80. The molecule has 0 unspecified atom stereocenters. The van der Waals surface area contributed by atoms with Crippen molar-refractivity contribution in [2.24, 2.45) is 0 Å². The van der Waals surface area contributed by atoms with Crippen LogP contribution in [0.25, 0.3) is 0 Å². The zero-order valence-electron chi connectivity index (χ0n) is 17.0. The average molecular weight is 413 g/mol. The molecule has 0 bridgehead atoms. The second kappa shape index (κ2) is 8.83. The van der Waals surface area contributed by atoms with E-state index < -0.39 is 23.4 Å². The van der Waals surface area contributed by atoms with Crippen LogP contribution in [0.4, 0.5) is 4.79 Å². The molecule has 1 atom stereocenters. The van der Waals surface area contributed by atoms with Crippen LogP contribution in [0.2, 0.25) is 0 Å². The molecule has 0 aromatic heterocycles. The van der Waals surface area contributed by atoms with Gasteiger partial charge in [0, 0.05) is 13.0 Å². The SMILES string of the molecule is O=C(CN1C(=O)N[C@](Cc2ccccc2)(c2ccccc2)C1=O)NCc1ccccc1. The second-order valence-electron chi connectivity index (χ2n) is 7.52. The van der Waals surface area contributed by atoms with Gasteiger partial charge in [0.1, 0.15) is 6.54 Å². The number of imide groups is 1. The molecular weight excluding hydrogens is 390 g/mol. The lowest BCUT2D eigenvalue weighted by Gasteiger charge is -2.27. The Labute approximate surface area is 180 Å². The molecule has 6 heteroatoms. The summed E-state index contributed by atoms with van der Waals surface area (Å²) in [6.45, 7) is -0.00194.